The number of carbonyl (C=O) groups is 1. The lowest BCUT2D eigenvalue weighted by atomic mass is 9.84. The van der Waals surface area contributed by atoms with E-state index in [1.807, 2.05) is 0 Å². The van der Waals surface area contributed by atoms with Gasteiger partial charge in [-0.3, -0.25) is 4.79 Å². The van der Waals surface area contributed by atoms with E-state index >= 15 is 0 Å². The van der Waals surface area contributed by atoms with Gasteiger partial charge in [-0.25, -0.2) is 0 Å². The van der Waals surface area contributed by atoms with Crippen LogP contribution in [0.5, 0.6) is 0 Å². The minimum absolute atomic E-state index is 0.200. The molecule has 0 radical (unpaired) electrons. The molecule has 3 nitrogen and oxygen atoms in total. The third-order valence-electron chi connectivity index (χ3n) is 3.60. The van der Waals surface area contributed by atoms with Crippen LogP contribution in [0.1, 0.15) is 58.3 Å². The first-order valence-electron chi connectivity index (χ1n) is 6.73. The van der Waals surface area contributed by atoms with Crippen molar-refractivity contribution in [2.45, 2.75) is 64.3 Å². The summed E-state index contributed by atoms with van der Waals surface area (Å²) in [6.07, 6.45) is 9.09. The normalized spacial score (nSPS) is 19.4. The van der Waals surface area contributed by atoms with Gasteiger partial charge in [-0.2, -0.15) is 0 Å². The van der Waals surface area contributed by atoms with Gasteiger partial charge in [0.25, 0.3) is 0 Å². The Morgan fingerprint density at radius 2 is 2.00 bits per heavy atom. The van der Waals surface area contributed by atoms with Crippen LogP contribution in [-0.2, 0) is 4.79 Å². The summed E-state index contributed by atoms with van der Waals surface area (Å²) in [6.45, 7) is 2.84. The van der Waals surface area contributed by atoms with Crippen molar-refractivity contribution in [3.63, 3.8) is 0 Å². The van der Waals surface area contributed by atoms with Gasteiger partial charge in [0, 0.05) is 12.5 Å². The summed E-state index contributed by atoms with van der Waals surface area (Å²) < 4.78 is 0. The van der Waals surface area contributed by atoms with Crippen LogP contribution in [0.3, 0.4) is 0 Å². The second-order valence-corrected chi connectivity index (χ2v) is 5.00. The fourth-order valence-corrected chi connectivity index (χ4v) is 2.51. The molecule has 1 saturated carbocycles. The second-order valence-electron chi connectivity index (χ2n) is 5.00. The van der Waals surface area contributed by atoms with E-state index in [1.165, 1.54) is 32.1 Å². The standard InChI is InChI=1S/C13H26N2O/c1-11(12-7-3-2-4-8-12)15-13(16)9-5-6-10-14/h11-12H,2-10,14H2,1H3,(H,15,16). The third kappa shape index (κ3) is 4.97. The zero-order chi connectivity index (χ0) is 11.8. The summed E-state index contributed by atoms with van der Waals surface area (Å²) in [4.78, 5) is 11.6. The Balaban J connectivity index is 2.16. The van der Waals surface area contributed by atoms with Gasteiger partial charge in [-0.1, -0.05) is 19.3 Å². The summed E-state index contributed by atoms with van der Waals surface area (Å²) in [5.74, 6) is 0.902. The summed E-state index contributed by atoms with van der Waals surface area (Å²) >= 11 is 0. The minimum atomic E-state index is 0.200. The topological polar surface area (TPSA) is 55.1 Å². The fraction of sp³-hybridized carbons (Fsp3) is 0.923. The number of hydrogen-bond donors (Lipinski definition) is 2. The number of nitrogens with one attached hydrogen (secondary N) is 1. The van der Waals surface area contributed by atoms with Gasteiger partial charge in [0.15, 0.2) is 0 Å². The summed E-state index contributed by atoms with van der Waals surface area (Å²) in [5, 5.41) is 3.13. The van der Waals surface area contributed by atoms with Crippen LogP contribution < -0.4 is 11.1 Å². The molecule has 0 heterocycles. The molecule has 1 rings (SSSR count). The van der Waals surface area contributed by atoms with Crippen molar-refractivity contribution in [2.24, 2.45) is 11.7 Å². The molecule has 1 unspecified atom stereocenters. The van der Waals surface area contributed by atoms with Crippen molar-refractivity contribution < 1.29 is 4.79 Å². The third-order valence-corrected chi connectivity index (χ3v) is 3.60. The lowest BCUT2D eigenvalue weighted by molar-refractivity contribution is -0.122. The Kier molecular flexibility index (Phi) is 6.46. The minimum Gasteiger partial charge on any atom is -0.353 e. The number of hydrogen-bond acceptors (Lipinski definition) is 2. The van der Waals surface area contributed by atoms with Crippen molar-refractivity contribution in [2.75, 3.05) is 6.54 Å². The number of amides is 1. The first-order valence-corrected chi connectivity index (χ1v) is 6.73. The molecule has 0 spiro atoms. The smallest absolute Gasteiger partial charge is 0.220 e. The molecule has 1 atom stereocenters. The van der Waals surface area contributed by atoms with Gasteiger partial charge in [0.2, 0.25) is 5.91 Å². The number of carbonyl (C=O) groups excluding carboxylic acids is 1. The molecule has 94 valence electrons. The van der Waals surface area contributed by atoms with Gasteiger partial charge in [-0.15, -0.1) is 0 Å². The predicted molar refractivity (Wildman–Crippen MR) is 67.1 cm³/mol. The summed E-state index contributed by atoms with van der Waals surface area (Å²) in [7, 11) is 0. The van der Waals surface area contributed by atoms with E-state index in [4.69, 9.17) is 5.73 Å². The summed E-state index contributed by atoms with van der Waals surface area (Å²) in [6, 6.07) is 0.352. The molecule has 1 aliphatic rings. The maximum absolute atomic E-state index is 11.6. The molecule has 0 aromatic heterocycles. The highest BCUT2D eigenvalue weighted by atomic mass is 16.1. The number of unbranched alkanes of at least 4 members (excludes halogenated alkanes) is 1. The number of nitrogens with two attached hydrogens (primary N) is 1. The monoisotopic (exact) mass is 226 g/mol. The Labute approximate surface area is 99.2 Å². The van der Waals surface area contributed by atoms with E-state index in [0.717, 1.165) is 12.8 Å². The van der Waals surface area contributed by atoms with Crippen LogP contribution in [0.4, 0.5) is 0 Å². The van der Waals surface area contributed by atoms with Crippen molar-refractivity contribution in [1.82, 2.24) is 5.32 Å². The molecule has 3 heteroatoms. The molecule has 16 heavy (non-hydrogen) atoms. The maximum Gasteiger partial charge on any atom is 0.220 e. The Hall–Kier alpha value is -0.570. The van der Waals surface area contributed by atoms with Gasteiger partial charge in [-0.05, 0) is 45.1 Å². The van der Waals surface area contributed by atoms with Crippen LogP contribution in [0.25, 0.3) is 0 Å². The molecular weight excluding hydrogens is 200 g/mol. The van der Waals surface area contributed by atoms with E-state index in [-0.39, 0.29) is 5.91 Å². The van der Waals surface area contributed by atoms with Crippen LogP contribution >= 0.6 is 0 Å². The van der Waals surface area contributed by atoms with E-state index in [1.54, 1.807) is 0 Å². The van der Waals surface area contributed by atoms with Gasteiger partial charge in [0.05, 0.1) is 0 Å². The largest absolute Gasteiger partial charge is 0.353 e. The molecule has 1 amide bonds. The maximum atomic E-state index is 11.6. The van der Waals surface area contributed by atoms with Gasteiger partial charge in [0.1, 0.15) is 0 Å². The van der Waals surface area contributed by atoms with Crippen LogP contribution in [0.2, 0.25) is 0 Å². The highest BCUT2D eigenvalue weighted by molar-refractivity contribution is 5.76. The SMILES string of the molecule is CC(NC(=O)CCCCN)C1CCCCC1. The molecule has 0 aliphatic heterocycles. The van der Waals surface area contributed by atoms with Crippen molar-refractivity contribution in [1.29, 1.82) is 0 Å². The highest BCUT2D eigenvalue weighted by Gasteiger charge is 2.20. The Bertz CT molecular complexity index is 200. The van der Waals surface area contributed by atoms with E-state index < -0.39 is 0 Å². The van der Waals surface area contributed by atoms with Gasteiger partial charge >= 0.3 is 0 Å². The molecule has 1 aliphatic carbocycles. The lowest BCUT2D eigenvalue weighted by Gasteiger charge is -2.28. The zero-order valence-corrected chi connectivity index (χ0v) is 10.5. The molecule has 0 aromatic carbocycles. The fourth-order valence-electron chi connectivity index (χ4n) is 2.51. The summed E-state index contributed by atoms with van der Waals surface area (Å²) in [5.41, 5.74) is 5.40. The first-order chi connectivity index (χ1) is 7.74. The van der Waals surface area contributed by atoms with Crippen LogP contribution in [-0.4, -0.2) is 18.5 Å². The molecule has 0 saturated heterocycles. The second kappa shape index (κ2) is 7.66. The first kappa shape index (κ1) is 13.5. The van der Waals surface area contributed by atoms with Gasteiger partial charge < -0.3 is 11.1 Å². The highest BCUT2D eigenvalue weighted by Crippen LogP contribution is 2.26. The van der Waals surface area contributed by atoms with Crippen LogP contribution in [0, 0.1) is 5.92 Å². The Morgan fingerprint density at radius 3 is 2.62 bits per heavy atom. The molecule has 1 fully saturated rings. The molecule has 0 bridgehead atoms. The Morgan fingerprint density at radius 1 is 1.31 bits per heavy atom. The van der Waals surface area contributed by atoms with Crippen molar-refractivity contribution in [3.8, 4) is 0 Å². The molecule has 0 aromatic rings. The van der Waals surface area contributed by atoms with E-state index in [2.05, 4.69) is 12.2 Å². The average Bonchev–Trinajstić information content (AvgIpc) is 2.30. The van der Waals surface area contributed by atoms with E-state index in [9.17, 15) is 4.79 Å². The zero-order valence-electron chi connectivity index (χ0n) is 10.5. The number of rotatable bonds is 6. The van der Waals surface area contributed by atoms with Crippen molar-refractivity contribution in [3.05, 3.63) is 0 Å². The molecule has 3 N–H and O–H groups in total. The van der Waals surface area contributed by atoms with Crippen molar-refractivity contribution >= 4 is 5.91 Å². The van der Waals surface area contributed by atoms with E-state index in [0.29, 0.717) is 24.9 Å². The predicted octanol–water partition coefficient (Wildman–Crippen LogP) is 2.20. The van der Waals surface area contributed by atoms with Crippen LogP contribution in [0.15, 0.2) is 0 Å². The lowest BCUT2D eigenvalue weighted by Crippen LogP contribution is -2.38. The molecular formula is C13H26N2O. The quantitative estimate of drug-likeness (QED) is 0.682. The average molecular weight is 226 g/mol.